The van der Waals surface area contributed by atoms with E-state index < -0.39 is 35.3 Å². The van der Waals surface area contributed by atoms with Gasteiger partial charge in [-0.1, -0.05) is 6.92 Å². The molecular weight excluding hydrogens is 797 g/mol. The summed E-state index contributed by atoms with van der Waals surface area (Å²) in [6, 6.07) is 12.1. The highest BCUT2D eigenvalue weighted by molar-refractivity contribution is 6.19. The van der Waals surface area contributed by atoms with Crippen LogP contribution in [0.25, 0.3) is 11.3 Å². The molecule has 0 saturated carbocycles. The summed E-state index contributed by atoms with van der Waals surface area (Å²) < 4.78 is 38.4. The lowest BCUT2D eigenvalue weighted by atomic mass is 9.88. The van der Waals surface area contributed by atoms with Gasteiger partial charge in [-0.05, 0) is 112 Å². The number of carbonyl (C=O) groups excluding carboxylic acids is 4. The molecule has 2 aromatic heterocycles. The molecule has 5 aliphatic heterocycles. The van der Waals surface area contributed by atoms with Gasteiger partial charge in [0.15, 0.2) is 0 Å². The largest absolute Gasteiger partial charge is 0.477 e. The number of ether oxygens (including phenoxy) is 1. The smallest absolute Gasteiger partial charge is 0.280 e. The van der Waals surface area contributed by atoms with Gasteiger partial charge < -0.3 is 19.9 Å². The number of aliphatic imine (C=N–C) groups is 1. The Bertz CT molecular complexity index is 2470. The van der Waals surface area contributed by atoms with Gasteiger partial charge in [0.25, 0.3) is 11.8 Å². The SMILES string of the molecule is Cc1cc2cc(n1)-c1cnn(C)c1OCCC[C@@H](C)CN1/C(=N/C2=O)Nc2ccc(C(=O)N(C)[C@@H]3C[C@H]4CC[C@@H](C3)N4CCc3cc(F)c([C@H]4CCC(=O)NC4=O)c(F)c3)cc21. The number of hydrogen-bond donors (Lipinski definition) is 2. The Hall–Kier alpha value is -6.03. The zero-order chi connectivity index (χ0) is 43.4. The maximum atomic E-state index is 15.3. The average Bonchev–Trinajstić information content (AvgIpc) is 3.85. The van der Waals surface area contributed by atoms with Crippen LogP contribution < -0.4 is 20.3 Å². The molecule has 4 bridgehead atoms. The molecule has 3 fully saturated rings. The number of aryl methyl sites for hydroxylation is 2. The van der Waals surface area contributed by atoms with Crippen molar-refractivity contribution in [3.05, 3.63) is 88.2 Å². The number of aromatic nitrogens is 3. The van der Waals surface area contributed by atoms with Gasteiger partial charge in [0.05, 0.1) is 41.4 Å². The maximum Gasteiger partial charge on any atom is 0.280 e. The van der Waals surface area contributed by atoms with Crippen molar-refractivity contribution in [3.63, 3.8) is 0 Å². The molecule has 2 aromatic carbocycles. The van der Waals surface area contributed by atoms with E-state index in [0.717, 1.165) is 49.9 Å². The predicted octanol–water partition coefficient (Wildman–Crippen LogP) is 6.14. The summed E-state index contributed by atoms with van der Waals surface area (Å²) in [5, 5.41) is 9.93. The zero-order valence-electron chi connectivity index (χ0n) is 35.4. The van der Waals surface area contributed by atoms with Crippen LogP contribution in [-0.4, -0.2) is 99.0 Å². The first-order valence-corrected chi connectivity index (χ1v) is 21.6. The summed E-state index contributed by atoms with van der Waals surface area (Å²) in [5.74, 6) is -3.00. The standard InChI is InChI=1S/C46H51F2N9O5/c1-25-6-5-15-62-45-34(23-49-55(45)4)38-19-29(16-26(2)50-38)42(59)53-46-51-37-11-7-28(20-39(37)57(46)24-25)44(61)54(3)32-21-30-8-9-31(22-32)56(30)14-13-27-17-35(47)41(36(48)18-27)33-10-12-40(58)52-43(33)60/h7,11,16-20,23,25,30-33H,5-6,8-10,12-15,21-22,24H2,1-4H3,(H,51,53,59)(H,52,58,60)/t25-,30-,31+,32-,33-/m1/s1. The Kier molecular flexibility index (Phi) is 11.1. The highest BCUT2D eigenvalue weighted by Crippen LogP contribution is 2.40. The number of rotatable bonds is 6. The van der Waals surface area contributed by atoms with Crippen molar-refractivity contribution in [3.8, 4) is 17.1 Å². The number of amides is 4. The van der Waals surface area contributed by atoms with E-state index in [1.54, 1.807) is 23.0 Å². The van der Waals surface area contributed by atoms with E-state index in [4.69, 9.17) is 4.74 Å². The van der Waals surface area contributed by atoms with Crippen molar-refractivity contribution in [1.82, 2.24) is 29.9 Å². The number of carbonyl (C=O) groups is 4. The zero-order valence-corrected chi connectivity index (χ0v) is 35.4. The van der Waals surface area contributed by atoms with Crippen molar-refractivity contribution >= 4 is 41.0 Å². The minimum atomic E-state index is -1.03. The molecule has 16 heteroatoms. The third-order valence-corrected chi connectivity index (χ3v) is 13.3. The number of imide groups is 1. The molecule has 14 nitrogen and oxygen atoms in total. The third-order valence-electron chi connectivity index (χ3n) is 13.3. The summed E-state index contributed by atoms with van der Waals surface area (Å²) >= 11 is 0. The number of guanidine groups is 1. The third kappa shape index (κ3) is 7.96. The number of fused-ring (bicyclic) bond motifs is 9. The number of hydrogen-bond acceptors (Lipinski definition) is 10. The molecule has 3 saturated heterocycles. The van der Waals surface area contributed by atoms with Gasteiger partial charge in [0.1, 0.15) is 11.6 Å². The Morgan fingerprint density at radius 2 is 1.74 bits per heavy atom. The maximum absolute atomic E-state index is 15.3. The summed E-state index contributed by atoms with van der Waals surface area (Å²) in [7, 11) is 3.68. The minimum Gasteiger partial charge on any atom is -0.477 e. The summed E-state index contributed by atoms with van der Waals surface area (Å²) in [4.78, 5) is 67.6. The molecule has 0 aliphatic carbocycles. The van der Waals surface area contributed by atoms with Crippen LogP contribution in [0.2, 0.25) is 0 Å². The normalized spacial score (nSPS) is 24.7. The molecule has 7 heterocycles. The Labute approximate surface area is 358 Å². The first-order chi connectivity index (χ1) is 29.8. The highest BCUT2D eigenvalue weighted by Gasteiger charge is 2.43. The molecule has 4 aromatic rings. The van der Waals surface area contributed by atoms with E-state index in [-0.39, 0.29) is 48.4 Å². The summed E-state index contributed by atoms with van der Waals surface area (Å²) in [5.41, 5.74) is 4.64. The van der Waals surface area contributed by atoms with Gasteiger partial charge in [-0.3, -0.25) is 34.4 Å². The first-order valence-electron chi connectivity index (χ1n) is 21.6. The fraction of sp³-hybridized carbons (Fsp3) is 0.457. The van der Waals surface area contributed by atoms with Crippen molar-refractivity contribution < 1.29 is 32.7 Å². The number of piperidine rings is 2. The number of pyridine rings is 1. The lowest BCUT2D eigenvalue weighted by Crippen LogP contribution is -2.51. The lowest BCUT2D eigenvalue weighted by Gasteiger charge is -2.42. The lowest BCUT2D eigenvalue weighted by molar-refractivity contribution is -0.134. The van der Waals surface area contributed by atoms with Gasteiger partial charge in [-0.2, -0.15) is 10.1 Å². The molecule has 324 valence electrons. The second-order valence-electron chi connectivity index (χ2n) is 17.6. The number of nitrogens with one attached hydrogen (secondary N) is 2. The Balaban J connectivity index is 0.888. The van der Waals surface area contributed by atoms with Crippen LogP contribution in [0.3, 0.4) is 0 Å². The topological polar surface area (TPSA) is 154 Å². The van der Waals surface area contributed by atoms with E-state index in [2.05, 4.69) is 37.5 Å². The van der Waals surface area contributed by atoms with Crippen molar-refractivity contribution in [2.45, 2.75) is 95.7 Å². The number of halogens is 2. The number of benzene rings is 2. The van der Waals surface area contributed by atoms with E-state index in [1.165, 1.54) is 12.1 Å². The second-order valence-corrected chi connectivity index (χ2v) is 17.6. The number of nitrogens with zero attached hydrogens (tertiary/aromatic N) is 7. The van der Waals surface area contributed by atoms with Crippen LogP contribution in [0.4, 0.5) is 20.2 Å². The van der Waals surface area contributed by atoms with E-state index >= 15 is 8.78 Å². The molecule has 9 rings (SSSR count). The van der Waals surface area contributed by atoms with Crippen molar-refractivity contribution in [2.75, 3.05) is 37.0 Å². The average molecular weight is 848 g/mol. The van der Waals surface area contributed by atoms with Crippen LogP contribution in [0.15, 0.2) is 53.7 Å². The molecule has 0 spiro atoms. The minimum absolute atomic E-state index is 0.0108. The first kappa shape index (κ1) is 41.3. The Morgan fingerprint density at radius 3 is 2.48 bits per heavy atom. The van der Waals surface area contributed by atoms with Crippen LogP contribution in [0, 0.1) is 24.5 Å². The van der Waals surface area contributed by atoms with Gasteiger partial charge in [-0.15, -0.1) is 0 Å². The van der Waals surface area contributed by atoms with Gasteiger partial charge in [0.2, 0.25) is 23.7 Å². The highest BCUT2D eigenvalue weighted by atomic mass is 19.1. The van der Waals surface area contributed by atoms with E-state index in [0.29, 0.717) is 71.6 Å². The summed E-state index contributed by atoms with van der Waals surface area (Å²) in [6.45, 7) is 5.65. The summed E-state index contributed by atoms with van der Waals surface area (Å²) in [6.07, 6.45) is 7.42. The van der Waals surface area contributed by atoms with Gasteiger partial charge in [-0.25, -0.2) is 13.5 Å². The van der Waals surface area contributed by atoms with Crippen LogP contribution in [0.1, 0.15) is 102 Å². The van der Waals surface area contributed by atoms with Crippen LogP contribution in [0.5, 0.6) is 5.88 Å². The van der Waals surface area contributed by atoms with Crippen molar-refractivity contribution in [2.24, 2.45) is 18.0 Å². The van der Waals surface area contributed by atoms with Crippen LogP contribution in [-0.2, 0) is 23.1 Å². The molecule has 2 N–H and O–H groups in total. The van der Waals surface area contributed by atoms with Crippen LogP contribution >= 0.6 is 0 Å². The molecule has 0 radical (unpaired) electrons. The predicted molar refractivity (Wildman–Crippen MR) is 228 cm³/mol. The Morgan fingerprint density at radius 1 is 0.984 bits per heavy atom. The monoisotopic (exact) mass is 847 g/mol. The molecule has 5 atom stereocenters. The van der Waals surface area contributed by atoms with Gasteiger partial charge >= 0.3 is 0 Å². The van der Waals surface area contributed by atoms with Crippen molar-refractivity contribution in [1.29, 1.82) is 0 Å². The molecule has 4 amide bonds. The number of anilines is 2. The fourth-order valence-corrected chi connectivity index (χ4v) is 10.1. The molecule has 5 aliphatic rings. The van der Waals surface area contributed by atoms with E-state index in [1.807, 2.05) is 49.0 Å². The molecule has 0 unspecified atom stereocenters. The van der Waals surface area contributed by atoms with Gasteiger partial charge in [0, 0.05) is 74.1 Å². The molecule has 62 heavy (non-hydrogen) atoms. The van der Waals surface area contributed by atoms with E-state index in [9.17, 15) is 19.2 Å². The fourth-order valence-electron chi connectivity index (χ4n) is 10.1. The quantitative estimate of drug-likeness (QED) is 0.217. The second kappa shape index (κ2) is 16.7. The molecular formula is C46H51F2N9O5.